The summed E-state index contributed by atoms with van der Waals surface area (Å²) in [5, 5.41) is 21.1. The summed E-state index contributed by atoms with van der Waals surface area (Å²) in [4.78, 5) is 31.1. The zero-order valence-electron chi connectivity index (χ0n) is 34.4. The van der Waals surface area contributed by atoms with Crippen LogP contribution >= 0.6 is 0 Å². The number of carbonyl (C=O) groups is 2. The van der Waals surface area contributed by atoms with Crippen LogP contribution < -0.4 is 34.7 Å². The number of phenols is 1. The number of phenolic OH excluding ortho intramolecular Hbond substituents is 1. The molecule has 0 aromatic heterocycles. The molecule has 0 spiro atoms. The highest BCUT2D eigenvalue weighted by molar-refractivity contribution is 5.74. The summed E-state index contributed by atoms with van der Waals surface area (Å²) in [6.45, 7) is 9.79. The highest BCUT2D eigenvalue weighted by Gasteiger charge is 2.23. The fourth-order valence-electron chi connectivity index (χ4n) is 7.36. The van der Waals surface area contributed by atoms with Crippen LogP contribution in [0, 0.1) is 0 Å². The number of carbonyl (C=O) groups excluding carboxylic acids is 1. The average Bonchev–Trinajstić information content (AvgIpc) is 3.97. The third-order valence-electron chi connectivity index (χ3n) is 10.9. The number of aromatic hydroxyl groups is 1. The van der Waals surface area contributed by atoms with E-state index in [2.05, 4.69) is 21.2 Å². The van der Waals surface area contributed by atoms with E-state index >= 15 is 0 Å². The number of hydrogen-bond donors (Lipinski definition) is 4. The minimum Gasteiger partial charge on any atom is -0.508 e. The molecule has 5 aliphatic rings. The second kappa shape index (κ2) is 21.5. The molecule has 0 saturated carbocycles. The van der Waals surface area contributed by atoms with Crippen molar-refractivity contribution in [1.29, 1.82) is 0 Å². The van der Waals surface area contributed by atoms with E-state index in [0.717, 1.165) is 104 Å². The van der Waals surface area contributed by atoms with Gasteiger partial charge in [0.1, 0.15) is 11.5 Å². The third-order valence-corrected chi connectivity index (χ3v) is 10.9. The van der Waals surface area contributed by atoms with Gasteiger partial charge in [-0.1, -0.05) is 36.4 Å². The summed E-state index contributed by atoms with van der Waals surface area (Å²) < 4.78 is 32.6. The van der Waals surface area contributed by atoms with Gasteiger partial charge in [0, 0.05) is 85.0 Å². The van der Waals surface area contributed by atoms with Crippen molar-refractivity contribution in [2.45, 2.75) is 51.7 Å². The van der Waals surface area contributed by atoms with E-state index in [-0.39, 0.29) is 31.7 Å². The van der Waals surface area contributed by atoms with Gasteiger partial charge in [-0.25, -0.2) is 9.59 Å². The molecule has 4 aromatic rings. The third kappa shape index (κ3) is 12.8. The van der Waals surface area contributed by atoms with Gasteiger partial charge < -0.3 is 59.5 Å². The molecule has 16 nitrogen and oxygen atoms in total. The maximum atomic E-state index is 12.3. The maximum absolute atomic E-state index is 12.3. The Morgan fingerprint density at radius 3 is 1.70 bits per heavy atom. The van der Waals surface area contributed by atoms with Crippen molar-refractivity contribution in [2.75, 3.05) is 72.6 Å². The van der Waals surface area contributed by atoms with Crippen molar-refractivity contribution in [1.82, 2.24) is 24.9 Å². The fourth-order valence-corrected chi connectivity index (χ4v) is 7.36. The number of ether oxygens (including phenoxy) is 6. The van der Waals surface area contributed by atoms with Gasteiger partial charge in [-0.05, 0) is 83.6 Å². The number of nitrogens with one attached hydrogen (secondary N) is 1. The van der Waals surface area contributed by atoms with Crippen LogP contribution in [0.5, 0.6) is 34.5 Å². The fraction of sp³-hybridized carbons (Fsp3) is 0.422. The van der Waals surface area contributed by atoms with Crippen molar-refractivity contribution < 1.29 is 48.2 Å². The second-order valence-corrected chi connectivity index (χ2v) is 15.3. The van der Waals surface area contributed by atoms with Gasteiger partial charge in [-0.3, -0.25) is 9.80 Å². The van der Waals surface area contributed by atoms with Gasteiger partial charge in [0.05, 0.1) is 6.61 Å². The van der Waals surface area contributed by atoms with Crippen molar-refractivity contribution in [3.05, 3.63) is 107 Å². The van der Waals surface area contributed by atoms with Crippen molar-refractivity contribution in [2.24, 2.45) is 5.73 Å². The zero-order chi connectivity index (χ0) is 42.4. The lowest BCUT2D eigenvalue weighted by Crippen LogP contribution is -2.51. The van der Waals surface area contributed by atoms with E-state index in [9.17, 15) is 14.7 Å². The van der Waals surface area contributed by atoms with E-state index in [1.807, 2.05) is 59.5 Å². The normalized spacial score (nSPS) is 18.3. The SMILES string of the molecule is NCc1ccc(OC2CCCCO2)cc1.O=C(NCc1ccc(O)cc1)N1CCN(Cc2ccc3c(c2)OCO3)CC1.O=C(O)N1CCN(Cc2ccc3c(c2)OCO3)CC1. The van der Waals surface area contributed by atoms with Crippen LogP contribution in [0.25, 0.3) is 0 Å². The van der Waals surface area contributed by atoms with E-state index in [4.69, 9.17) is 39.3 Å². The molecule has 0 radical (unpaired) electrons. The van der Waals surface area contributed by atoms with Crippen LogP contribution in [-0.4, -0.2) is 121 Å². The van der Waals surface area contributed by atoms with Crippen molar-refractivity contribution >= 4 is 12.1 Å². The molecule has 3 saturated heterocycles. The number of carboxylic acid groups (broad SMARTS) is 1. The minimum atomic E-state index is -0.831. The molecule has 3 amide bonds. The van der Waals surface area contributed by atoms with Crippen LogP contribution in [0.4, 0.5) is 9.59 Å². The summed E-state index contributed by atoms with van der Waals surface area (Å²) in [5.41, 5.74) is 9.94. The molecular weight excluding hydrogens is 785 g/mol. The molecule has 5 heterocycles. The minimum absolute atomic E-state index is 0.0502. The molecule has 61 heavy (non-hydrogen) atoms. The first-order valence-corrected chi connectivity index (χ1v) is 20.9. The smallest absolute Gasteiger partial charge is 0.407 e. The average molecular weight is 841 g/mol. The van der Waals surface area contributed by atoms with Crippen LogP contribution in [0.15, 0.2) is 84.9 Å². The first-order chi connectivity index (χ1) is 29.8. The van der Waals surface area contributed by atoms with Gasteiger partial charge in [-0.2, -0.15) is 0 Å². The molecule has 9 rings (SSSR count). The summed E-state index contributed by atoms with van der Waals surface area (Å²) in [7, 11) is 0. The van der Waals surface area contributed by atoms with E-state index < -0.39 is 6.09 Å². The topological polar surface area (TPSA) is 181 Å². The summed E-state index contributed by atoms with van der Waals surface area (Å²) in [5.74, 6) is 4.28. The Bertz CT molecular complexity index is 2020. The monoisotopic (exact) mass is 840 g/mol. The molecule has 1 unspecified atom stereocenters. The number of piperazine rings is 2. The Morgan fingerprint density at radius 2 is 1.18 bits per heavy atom. The molecule has 326 valence electrons. The predicted octanol–water partition coefficient (Wildman–Crippen LogP) is 5.41. The Kier molecular flexibility index (Phi) is 15.2. The molecule has 5 aliphatic heterocycles. The highest BCUT2D eigenvalue weighted by atomic mass is 16.7. The largest absolute Gasteiger partial charge is 0.508 e. The summed E-state index contributed by atoms with van der Waals surface area (Å²) in [6, 6.07) is 26.6. The van der Waals surface area contributed by atoms with Gasteiger partial charge in [-0.15, -0.1) is 0 Å². The van der Waals surface area contributed by atoms with E-state index in [1.54, 1.807) is 24.3 Å². The summed E-state index contributed by atoms with van der Waals surface area (Å²) in [6.07, 6.45) is 2.42. The van der Waals surface area contributed by atoms with Crippen LogP contribution in [-0.2, 0) is 30.9 Å². The highest BCUT2D eigenvalue weighted by Crippen LogP contribution is 2.34. The first kappa shape index (κ1) is 43.2. The Morgan fingerprint density at radius 1 is 0.656 bits per heavy atom. The Labute approximate surface area is 356 Å². The number of benzene rings is 4. The lowest BCUT2D eigenvalue weighted by molar-refractivity contribution is -0.105. The molecule has 0 bridgehead atoms. The van der Waals surface area contributed by atoms with Gasteiger partial charge >= 0.3 is 12.1 Å². The lowest BCUT2D eigenvalue weighted by Gasteiger charge is -2.34. The zero-order valence-corrected chi connectivity index (χ0v) is 34.4. The van der Waals surface area contributed by atoms with Gasteiger partial charge in [0.25, 0.3) is 0 Å². The number of nitrogens with two attached hydrogens (primary N) is 1. The number of fused-ring (bicyclic) bond motifs is 2. The molecule has 4 aromatic carbocycles. The quantitative estimate of drug-likeness (QED) is 0.168. The number of amides is 3. The van der Waals surface area contributed by atoms with Gasteiger partial charge in [0.15, 0.2) is 29.3 Å². The second-order valence-electron chi connectivity index (χ2n) is 15.3. The van der Waals surface area contributed by atoms with Crippen molar-refractivity contribution in [3.8, 4) is 34.5 Å². The predicted molar refractivity (Wildman–Crippen MR) is 226 cm³/mol. The van der Waals surface area contributed by atoms with E-state index in [1.165, 1.54) is 16.9 Å². The standard InChI is InChI=1S/C20H23N3O4.C13H16N2O4.C12H17NO2/c24-17-4-1-15(2-5-17)12-21-20(25)23-9-7-22(8-10-23)13-16-3-6-18-19(11-16)27-14-26-18;16-13(17)15-5-3-14(4-6-15)8-10-1-2-11-12(7-10)19-9-18-11;13-9-10-4-6-11(7-5-10)15-12-3-1-2-8-14-12/h1-6,11,24H,7-10,12-14H2,(H,21,25);1-2,7H,3-6,8-9H2,(H,16,17);4-7,12H,1-3,8-9,13H2. The van der Waals surface area contributed by atoms with Crippen LogP contribution in [0.2, 0.25) is 0 Å². The maximum Gasteiger partial charge on any atom is 0.407 e. The van der Waals surface area contributed by atoms with Crippen LogP contribution in [0.3, 0.4) is 0 Å². The Balaban J connectivity index is 0.000000145. The molecule has 5 N–H and O–H groups in total. The van der Waals surface area contributed by atoms with Crippen LogP contribution in [0.1, 0.15) is 41.5 Å². The number of nitrogens with zero attached hydrogens (tertiary/aromatic N) is 4. The number of rotatable bonds is 9. The molecule has 1 atom stereocenters. The molecule has 3 fully saturated rings. The van der Waals surface area contributed by atoms with Gasteiger partial charge in [0.2, 0.25) is 13.6 Å². The first-order valence-electron chi connectivity index (χ1n) is 20.9. The Hall–Kier alpha value is -5.94. The number of hydrogen-bond acceptors (Lipinski definition) is 12. The molecular formula is C45H56N6O10. The molecule has 0 aliphatic carbocycles. The summed E-state index contributed by atoms with van der Waals surface area (Å²) >= 11 is 0. The lowest BCUT2D eigenvalue weighted by atomic mass is 10.1. The molecule has 16 heteroatoms. The van der Waals surface area contributed by atoms with Crippen molar-refractivity contribution in [3.63, 3.8) is 0 Å². The number of urea groups is 1. The van der Waals surface area contributed by atoms with E-state index in [0.29, 0.717) is 39.3 Å².